The van der Waals surface area contributed by atoms with Gasteiger partial charge in [0.05, 0.1) is 0 Å². The van der Waals surface area contributed by atoms with Crippen molar-refractivity contribution in [1.82, 2.24) is 9.97 Å². The van der Waals surface area contributed by atoms with Crippen LogP contribution in [-0.4, -0.2) is 9.97 Å². The van der Waals surface area contributed by atoms with Crippen molar-refractivity contribution in [3.05, 3.63) is 46.9 Å². The predicted molar refractivity (Wildman–Crippen MR) is 66.2 cm³/mol. The van der Waals surface area contributed by atoms with Gasteiger partial charge in [0.15, 0.2) is 0 Å². The molecular formula is C12H12ClN3. The van der Waals surface area contributed by atoms with Crippen molar-refractivity contribution >= 4 is 23.1 Å². The number of hydrogen-bond acceptors (Lipinski definition) is 3. The zero-order valence-electron chi connectivity index (χ0n) is 9.16. The number of rotatable bonds is 2. The van der Waals surface area contributed by atoms with E-state index >= 15 is 0 Å². The highest BCUT2D eigenvalue weighted by atomic mass is 35.5. The highest BCUT2D eigenvalue weighted by Crippen LogP contribution is 2.17. The summed E-state index contributed by atoms with van der Waals surface area (Å²) in [6, 6.07) is 9.78. The third-order valence-corrected chi connectivity index (χ3v) is 2.32. The second-order valence-electron chi connectivity index (χ2n) is 3.61. The summed E-state index contributed by atoms with van der Waals surface area (Å²) < 4.78 is 0. The van der Waals surface area contributed by atoms with Gasteiger partial charge in [-0.15, -0.1) is 0 Å². The summed E-state index contributed by atoms with van der Waals surface area (Å²) in [7, 11) is 0. The Hall–Kier alpha value is -1.61. The van der Waals surface area contributed by atoms with Crippen LogP contribution >= 0.6 is 11.6 Å². The molecule has 16 heavy (non-hydrogen) atoms. The van der Waals surface area contributed by atoms with Crippen molar-refractivity contribution in [1.29, 1.82) is 0 Å². The Bertz CT molecular complexity index is 474. The molecule has 0 unspecified atom stereocenters. The van der Waals surface area contributed by atoms with Crippen molar-refractivity contribution in [2.24, 2.45) is 0 Å². The summed E-state index contributed by atoms with van der Waals surface area (Å²) in [6.45, 7) is 3.86. The van der Waals surface area contributed by atoms with E-state index in [9.17, 15) is 0 Å². The van der Waals surface area contributed by atoms with Gasteiger partial charge in [0, 0.05) is 11.8 Å². The number of aryl methyl sites for hydroxylation is 2. The second kappa shape index (κ2) is 4.49. The molecule has 1 aromatic carbocycles. The molecule has 0 spiro atoms. The number of halogens is 1. The van der Waals surface area contributed by atoms with Gasteiger partial charge in [0.2, 0.25) is 0 Å². The fourth-order valence-corrected chi connectivity index (χ4v) is 1.61. The minimum atomic E-state index is 0.446. The van der Waals surface area contributed by atoms with Crippen LogP contribution in [0.15, 0.2) is 30.3 Å². The van der Waals surface area contributed by atoms with Crippen LogP contribution in [0.5, 0.6) is 0 Å². The first-order valence-corrected chi connectivity index (χ1v) is 5.36. The first-order valence-electron chi connectivity index (χ1n) is 4.98. The molecule has 1 aromatic heterocycles. The summed E-state index contributed by atoms with van der Waals surface area (Å²) in [6.07, 6.45) is 0. The Balaban J connectivity index is 2.23. The number of nitrogens with zero attached hydrogens (tertiary/aromatic N) is 2. The van der Waals surface area contributed by atoms with Gasteiger partial charge in [-0.2, -0.15) is 0 Å². The largest absolute Gasteiger partial charge is 0.340 e. The fourth-order valence-electron chi connectivity index (χ4n) is 1.38. The molecule has 0 fully saturated rings. The molecule has 0 aliphatic heterocycles. The van der Waals surface area contributed by atoms with E-state index in [-0.39, 0.29) is 0 Å². The van der Waals surface area contributed by atoms with Crippen molar-refractivity contribution in [2.75, 3.05) is 5.32 Å². The van der Waals surface area contributed by atoms with E-state index < -0.39 is 0 Å². The SMILES string of the molecule is Cc1ccc(Nc2cc(Cl)nc(C)n2)cc1. The summed E-state index contributed by atoms with van der Waals surface area (Å²) in [5.74, 6) is 1.36. The average Bonchev–Trinajstić information content (AvgIpc) is 2.20. The van der Waals surface area contributed by atoms with E-state index in [1.54, 1.807) is 6.07 Å². The number of benzene rings is 1. The van der Waals surface area contributed by atoms with Crippen LogP contribution in [0.3, 0.4) is 0 Å². The highest BCUT2D eigenvalue weighted by molar-refractivity contribution is 6.29. The van der Waals surface area contributed by atoms with Gasteiger partial charge in [-0.25, -0.2) is 9.97 Å². The quantitative estimate of drug-likeness (QED) is 0.807. The Morgan fingerprint density at radius 3 is 2.38 bits per heavy atom. The maximum atomic E-state index is 5.85. The lowest BCUT2D eigenvalue weighted by atomic mass is 10.2. The third kappa shape index (κ3) is 2.70. The van der Waals surface area contributed by atoms with Gasteiger partial charge >= 0.3 is 0 Å². The molecule has 82 valence electrons. The van der Waals surface area contributed by atoms with Crippen LogP contribution in [0.1, 0.15) is 11.4 Å². The van der Waals surface area contributed by atoms with Crippen molar-refractivity contribution in [3.63, 3.8) is 0 Å². The van der Waals surface area contributed by atoms with E-state index in [0.717, 1.165) is 5.69 Å². The smallest absolute Gasteiger partial charge is 0.135 e. The van der Waals surface area contributed by atoms with Gasteiger partial charge in [0.1, 0.15) is 16.8 Å². The van der Waals surface area contributed by atoms with E-state index in [4.69, 9.17) is 11.6 Å². The second-order valence-corrected chi connectivity index (χ2v) is 4.00. The van der Waals surface area contributed by atoms with Crippen LogP contribution in [0.2, 0.25) is 5.15 Å². The summed E-state index contributed by atoms with van der Waals surface area (Å²) in [4.78, 5) is 8.25. The van der Waals surface area contributed by atoms with Crippen LogP contribution in [-0.2, 0) is 0 Å². The number of hydrogen-bond donors (Lipinski definition) is 1. The molecule has 0 saturated carbocycles. The Labute approximate surface area is 99.5 Å². The summed E-state index contributed by atoms with van der Waals surface area (Å²) >= 11 is 5.85. The van der Waals surface area contributed by atoms with Gasteiger partial charge < -0.3 is 5.32 Å². The monoisotopic (exact) mass is 233 g/mol. The van der Waals surface area contributed by atoms with E-state index in [2.05, 4.69) is 22.2 Å². The van der Waals surface area contributed by atoms with Crippen molar-refractivity contribution < 1.29 is 0 Å². The Kier molecular flexibility index (Phi) is 3.06. The normalized spacial score (nSPS) is 10.2. The zero-order valence-corrected chi connectivity index (χ0v) is 9.92. The lowest BCUT2D eigenvalue weighted by Crippen LogP contribution is -1.97. The van der Waals surface area contributed by atoms with Crippen molar-refractivity contribution in [2.45, 2.75) is 13.8 Å². The number of aromatic nitrogens is 2. The van der Waals surface area contributed by atoms with Crippen molar-refractivity contribution in [3.8, 4) is 0 Å². The van der Waals surface area contributed by atoms with Crippen LogP contribution in [0.4, 0.5) is 11.5 Å². The Morgan fingerprint density at radius 1 is 1.06 bits per heavy atom. The maximum absolute atomic E-state index is 5.85. The van der Waals surface area contributed by atoms with Gasteiger partial charge in [-0.1, -0.05) is 29.3 Å². The lowest BCUT2D eigenvalue weighted by Gasteiger charge is -2.06. The van der Waals surface area contributed by atoms with E-state index in [0.29, 0.717) is 16.8 Å². The first kappa shape index (κ1) is 10.9. The number of anilines is 2. The average molecular weight is 234 g/mol. The molecule has 0 amide bonds. The lowest BCUT2D eigenvalue weighted by molar-refractivity contribution is 1.06. The van der Waals surface area contributed by atoms with E-state index in [1.807, 2.05) is 31.2 Å². The fraction of sp³-hybridized carbons (Fsp3) is 0.167. The van der Waals surface area contributed by atoms with Gasteiger partial charge in [-0.05, 0) is 26.0 Å². The molecule has 2 rings (SSSR count). The predicted octanol–water partition coefficient (Wildman–Crippen LogP) is 3.49. The van der Waals surface area contributed by atoms with Gasteiger partial charge in [0.25, 0.3) is 0 Å². The molecule has 3 nitrogen and oxygen atoms in total. The summed E-state index contributed by atoms with van der Waals surface area (Å²) in [5, 5.41) is 3.62. The Morgan fingerprint density at radius 2 is 1.75 bits per heavy atom. The zero-order chi connectivity index (χ0) is 11.5. The van der Waals surface area contributed by atoms with Crippen LogP contribution in [0, 0.1) is 13.8 Å². The van der Waals surface area contributed by atoms with Crippen LogP contribution in [0.25, 0.3) is 0 Å². The molecular weight excluding hydrogens is 222 g/mol. The molecule has 0 aliphatic rings. The molecule has 0 atom stereocenters. The topological polar surface area (TPSA) is 37.8 Å². The molecule has 4 heteroatoms. The van der Waals surface area contributed by atoms with Crippen LogP contribution < -0.4 is 5.32 Å². The molecule has 1 N–H and O–H groups in total. The maximum Gasteiger partial charge on any atom is 0.135 e. The molecule has 0 aliphatic carbocycles. The standard InChI is InChI=1S/C12H12ClN3/c1-8-3-5-10(6-4-8)16-12-7-11(13)14-9(2)15-12/h3-7H,1-2H3,(H,14,15,16). The minimum Gasteiger partial charge on any atom is -0.340 e. The molecule has 2 aromatic rings. The number of nitrogens with one attached hydrogen (secondary N) is 1. The molecule has 0 saturated heterocycles. The molecule has 1 heterocycles. The highest BCUT2D eigenvalue weighted by Gasteiger charge is 2.00. The summed E-state index contributed by atoms with van der Waals surface area (Å²) in [5.41, 5.74) is 2.21. The molecule has 0 radical (unpaired) electrons. The van der Waals surface area contributed by atoms with E-state index in [1.165, 1.54) is 5.56 Å². The third-order valence-electron chi connectivity index (χ3n) is 2.13. The van der Waals surface area contributed by atoms with Gasteiger partial charge in [-0.3, -0.25) is 0 Å². The first-order chi connectivity index (χ1) is 7.63. The minimum absolute atomic E-state index is 0.446. The molecule has 0 bridgehead atoms.